The van der Waals surface area contributed by atoms with Crippen molar-refractivity contribution in [2.75, 3.05) is 0 Å². The van der Waals surface area contributed by atoms with E-state index in [4.69, 9.17) is 4.98 Å². The maximum Gasteiger partial charge on any atom is 0.190 e. The zero-order valence-corrected chi connectivity index (χ0v) is 16.5. The summed E-state index contributed by atoms with van der Waals surface area (Å²) in [7, 11) is 0. The third-order valence-electron chi connectivity index (χ3n) is 4.81. The maximum absolute atomic E-state index is 14.0. The molecule has 0 N–H and O–H groups in total. The highest BCUT2D eigenvalue weighted by Gasteiger charge is 2.19. The fraction of sp³-hybridized carbons (Fsp3) is 0.0435. The molecule has 0 saturated heterocycles. The summed E-state index contributed by atoms with van der Waals surface area (Å²) in [5.74, 6) is 0.606. The Hall–Kier alpha value is -4.33. The highest BCUT2D eigenvalue weighted by molar-refractivity contribution is 5.79. The van der Waals surface area contributed by atoms with Crippen LogP contribution in [0.4, 0.5) is 4.39 Å². The first-order chi connectivity index (χ1) is 15.2. The van der Waals surface area contributed by atoms with E-state index in [1.54, 1.807) is 35.4 Å². The molecule has 5 rings (SSSR count). The van der Waals surface area contributed by atoms with E-state index in [0.717, 1.165) is 16.8 Å². The molecule has 0 aliphatic heterocycles. The van der Waals surface area contributed by atoms with E-state index in [-0.39, 0.29) is 5.82 Å². The number of hydrogen-bond acceptors (Lipinski definition) is 6. The third-order valence-corrected chi connectivity index (χ3v) is 4.81. The Bertz CT molecular complexity index is 1350. The summed E-state index contributed by atoms with van der Waals surface area (Å²) in [6.07, 6.45) is 5.01. The van der Waals surface area contributed by atoms with Crippen LogP contribution in [-0.2, 0) is 0 Å². The number of hydrogen-bond donors (Lipinski definition) is 0. The Morgan fingerprint density at radius 3 is 2.48 bits per heavy atom. The van der Waals surface area contributed by atoms with Crippen molar-refractivity contribution in [3.8, 4) is 39.7 Å². The first-order valence-corrected chi connectivity index (χ1v) is 9.58. The molecule has 5 aromatic rings. The van der Waals surface area contributed by atoms with Crippen molar-refractivity contribution in [3.63, 3.8) is 0 Å². The standard InChI is InChI=1S/C23H16FN7/c1-15-5-7-19(8-6-15)31-23(28-29-30-31)20-14-26-22(16-9-11-25-12-10-16)27-21(20)17-3-2-4-18(24)13-17/h2-14H,1H3. The fourth-order valence-corrected chi connectivity index (χ4v) is 3.26. The van der Waals surface area contributed by atoms with Gasteiger partial charge in [-0.05, 0) is 53.7 Å². The van der Waals surface area contributed by atoms with E-state index in [2.05, 4.69) is 25.5 Å². The lowest BCUT2D eigenvalue weighted by molar-refractivity contribution is 0.628. The van der Waals surface area contributed by atoms with Gasteiger partial charge in [-0.3, -0.25) is 4.98 Å². The van der Waals surface area contributed by atoms with Crippen LogP contribution in [0, 0.1) is 12.7 Å². The van der Waals surface area contributed by atoms with Crippen LogP contribution in [0.3, 0.4) is 0 Å². The van der Waals surface area contributed by atoms with Gasteiger partial charge in [0.05, 0.1) is 16.9 Å². The second kappa shape index (κ2) is 7.83. The summed E-state index contributed by atoms with van der Waals surface area (Å²) in [6, 6.07) is 17.7. The molecular weight excluding hydrogens is 393 g/mol. The first kappa shape index (κ1) is 18.7. The molecule has 3 aromatic heterocycles. The fourth-order valence-electron chi connectivity index (χ4n) is 3.26. The molecule has 0 saturated carbocycles. The highest BCUT2D eigenvalue weighted by atomic mass is 19.1. The smallest absolute Gasteiger partial charge is 0.190 e. The number of pyridine rings is 1. The van der Waals surface area contributed by atoms with Gasteiger partial charge < -0.3 is 0 Å². The second-order valence-corrected chi connectivity index (χ2v) is 6.95. The molecule has 3 heterocycles. The van der Waals surface area contributed by atoms with Crippen LogP contribution in [0.25, 0.3) is 39.7 Å². The van der Waals surface area contributed by atoms with Gasteiger partial charge in [-0.1, -0.05) is 29.8 Å². The number of benzene rings is 2. The summed E-state index contributed by atoms with van der Waals surface area (Å²) in [4.78, 5) is 13.3. The number of nitrogens with zero attached hydrogens (tertiary/aromatic N) is 7. The highest BCUT2D eigenvalue weighted by Crippen LogP contribution is 2.31. The minimum Gasteiger partial charge on any atom is -0.265 e. The van der Waals surface area contributed by atoms with Crippen molar-refractivity contribution >= 4 is 0 Å². The quantitative estimate of drug-likeness (QED) is 0.440. The summed E-state index contributed by atoms with van der Waals surface area (Å²) in [5, 5.41) is 12.2. The average molecular weight is 409 g/mol. The van der Waals surface area contributed by atoms with E-state index < -0.39 is 0 Å². The lowest BCUT2D eigenvalue weighted by atomic mass is 10.1. The number of aryl methyl sites for hydroxylation is 1. The number of halogens is 1. The minimum absolute atomic E-state index is 0.356. The van der Waals surface area contributed by atoms with Gasteiger partial charge in [0.2, 0.25) is 0 Å². The van der Waals surface area contributed by atoms with Gasteiger partial charge >= 0.3 is 0 Å². The molecule has 7 nitrogen and oxygen atoms in total. The molecular formula is C23H16FN7. The molecule has 0 fully saturated rings. The zero-order chi connectivity index (χ0) is 21.2. The van der Waals surface area contributed by atoms with Crippen LogP contribution < -0.4 is 0 Å². The van der Waals surface area contributed by atoms with Crippen molar-refractivity contribution < 1.29 is 4.39 Å². The summed E-state index contributed by atoms with van der Waals surface area (Å²) >= 11 is 0. The van der Waals surface area contributed by atoms with Gasteiger partial charge in [-0.15, -0.1) is 5.10 Å². The van der Waals surface area contributed by atoms with Gasteiger partial charge in [0.1, 0.15) is 5.82 Å². The molecule has 2 aromatic carbocycles. The topological polar surface area (TPSA) is 82.3 Å². The number of rotatable bonds is 4. The Balaban J connectivity index is 1.71. The molecule has 8 heteroatoms. The zero-order valence-electron chi connectivity index (χ0n) is 16.5. The molecule has 0 radical (unpaired) electrons. The van der Waals surface area contributed by atoms with Crippen LogP contribution >= 0.6 is 0 Å². The van der Waals surface area contributed by atoms with Gasteiger partial charge in [0.15, 0.2) is 11.6 Å². The Kier molecular flexibility index (Phi) is 4.72. The van der Waals surface area contributed by atoms with Crippen LogP contribution in [0.15, 0.2) is 79.3 Å². The van der Waals surface area contributed by atoms with Gasteiger partial charge in [0, 0.05) is 29.7 Å². The molecule has 0 amide bonds. The van der Waals surface area contributed by atoms with E-state index in [1.807, 2.05) is 43.3 Å². The summed E-state index contributed by atoms with van der Waals surface area (Å²) in [5.41, 5.74) is 4.46. The third kappa shape index (κ3) is 3.66. The maximum atomic E-state index is 14.0. The van der Waals surface area contributed by atoms with Crippen LogP contribution in [-0.4, -0.2) is 35.2 Å². The number of aromatic nitrogens is 7. The molecule has 31 heavy (non-hydrogen) atoms. The Morgan fingerprint density at radius 2 is 1.71 bits per heavy atom. The van der Waals surface area contributed by atoms with Crippen molar-refractivity contribution in [3.05, 3.63) is 90.6 Å². The predicted octanol–water partition coefficient (Wildman–Crippen LogP) is 4.30. The molecule has 150 valence electrons. The average Bonchev–Trinajstić information content (AvgIpc) is 3.29. The van der Waals surface area contributed by atoms with Gasteiger partial charge in [-0.2, -0.15) is 4.68 Å². The van der Waals surface area contributed by atoms with Crippen molar-refractivity contribution in [2.45, 2.75) is 6.92 Å². The molecule has 0 spiro atoms. The molecule has 0 bridgehead atoms. The predicted molar refractivity (Wildman–Crippen MR) is 114 cm³/mol. The van der Waals surface area contributed by atoms with Gasteiger partial charge in [0.25, 0.3) is 0 Å². The van der Waals surface area contributed by atoms with E-state index in [9.17, 15) is 4.39 Å². The molecule has 0 aliphatic rings. The lowest BCUT2D eigenvalue weighted by Crippen LogP contribution is -2.03. The normalized spacial score (nSPS) is 10.9. The minimum atomic E-state index is -0.356. The SMILES string of the molecule is Cc1ccc(-n2nnnc2-c2cnc(-c3ccncc3)nc2-c2cccc(F)c2)cc1. The lowest BCUT2D eigenvalue weighted by Gasteiger charge is -2.11. The summed E-state index contributed by atoms with van der Waals surface area (Å²) < 4.78 is 15.7. The molecule has 0 atom stereocenters. The largest absolute Gasteiger partial charge is 0.265 e. The second-order valence-electron chi connectivity index (χ2n) is 6.95. The Labute approximate surface area is 177 Å². The van der Waals surface area contributed by atoms with E-state index in [0.29, 0.717) is 28.5 Å². The molecule has 0 aliphatic carbocycles. The summed E-state index contributed by atoms with van der Waals surface area (Å²) in [6.45, 7) is 2.01. The van der Waals surface area contributed by atoms with Crippen LogP contribution in [0.1, 0.15) is 5.56 Å². The van der Waals surface area contributed by atoms with Crippen LogP contribution in [0.5, 0.6) is 0 Å². The van der Waals surface area contributed by atoms with Crippen molar-refractivity contribution in [1.29, 1.82) is 0 Å². The molecule has 0 unspecified atom stereocenters. The van der Waals surface area contributed by atoms with Crippen molar-refractivity contribution in [2.24, 2.45) is 0 Å². The van der Waals surface area contributed by atoms with E-state index in [1.165, 1.54) is 12.1 Å². The van der Waals surface area contributed by atoms with Crippen molar-refractivity contribution in [1.82, 2.24) is 35.2 Å². The van der Waals surface area contributed by atoms with Gasteiger partial charge in [-0.25, -0.2) is 14.4 Å². The van der Waals surface area contributed by atoms with E-state index >= 15 is 0 Å². The monoisotopic (exact) mass is 409 g/mol. The van der Waals surface area contributed by atoms with Crippen LogP contribution in [0.2, 0.25) is 0 Å². The first-order valence-electron chi connectivity index (χ1n) is 9.58. The number of tetrazole rings is 1. The Morgan fingerprint density at radius 1 is 0.903 bits per heavy atom.